The number of rotatable bonds is 3. The second-order valence-electron chi connectivity index (χ2n) is 6.47. The first-order valence-electron chi connectivity index (χ1n) is 8.92. The molecule has 1 aliphatic heterocycles. The van der Waals surface area contributed by atoms with Crippen molar-refractivity contribution in [2.24, 2.45) is 0 Å². The molecule has 1 saturated heterocycles. The summed E-state index contributed by atoms with van der Waals surface area (Å²) >= 11 is 0. The molecule has 4 rings (SSSR count). The second kappa shape index (κ2) is 7.45. The molecule has 0 unspecified atom stereocenters. The van der Waals surface area contributed by atoms with Crippen LogP contribution in [-0.4, -0.2) is 43.8 Å². The Bertz CT molecular complexity index is 959. The van der Waals surface area contributed by atoms with Crippen LogP contribution in [0.1, 0.15) is 24.6 Å². The molecule has 8 nitrogen and oxygen atoms in total. The van der Waals surface area contributed by atoms with Gasteiger partial charge < -0.3 is 10.2 Å². The van der Waals surface area contributed by atoms with Gasteiger partial charge in [-0.2, -0.15) is 4.68 Å². The number of piperidine rings is 1. The fourth-order valence-electron chi connectivity index (χ4n) is 3.24. The van der Waals surface area contributed by atoms with E-state index in [-0.39, 0.29) is 17.6 Å². The van der Waals surface area contributed by atoms with Crippen LogP contribution in [0.3, 0.4) is 0 Å². The van der Waals surface area contributed by atoms with Crippen molar-refractivity contribution in [1.82, 2.24) is 24.6 Å². The van der Waals surface area contributed by atoms with Crippen LogP contribution in [0.15, 0.2) is 59.5 Å². The molecule has 3 aromatic rings. The number of nitrogens with one attached hydrogen (secondary N) is 2. The van der Waals surface area contributed by atoms with E-state index >= 15 is 0 Å². The van der Waals surface area contributed by atoms with Gasteiger partial charge in [-0.05, 0) is 37.1 Å². The summed E-state index contributed by atoms with van der Waals surface area (Å²) in [7, 11) is 0. The molecule has 1 aliphatic rings. The highest BCUT2D eigenvalue weighted by Gasteiger charge is 2.26. The van der Waals surface area contributed by atoms with Gasteiger partial charge in [-0.3, -0.25) is 4.98 Å². The van der Waals surface area contributed by atoms with Gasteiger partial charge in [0.15, 0.2) is 5.82 Å². The molecule has 1 fully saturated rings. The Balaban J connectivity index is 1.40. The van der Waals surface area contributed by atoms with Crippen LogP contribution in [0.2, 0.25) is 0 Å². The number of carbonyl (C=O) groups is 1. The van der Waals surface area contributed by atoms with Gasteiger partial charge in [-0.15, -0.1) is 5.10 Å². The van der Waals surface area contributed by atoms with Gasteiger partial charge in [0.25, 0.3) is 0 Å². The third kappa shape index (κ3) is 3.74. The lowest BCUT2D eigenvalue weighted by Crippen LogP contribution is -2.40. The zero-order valence-corrected chi connectivity index (χ0v) is 14.7. The van der Waals surface area contributed by atoms with Crippen LogP contribution in [0, 0.1) is 0 Å². The Hall–Kier alpha value is -3.42. The van der Waals surface area contributed by atoms with Gasteiger partial charge in [0.05, 0.1) is 0 Å². The van der Waals surface area contributed by atoms with Crippen molar-refractivity contribution >= 4 is 11.7 Å². The van der Waals surface area contributed by atoms with Crippen molar-refractivity contribution in [3.05, 3.63) is 71.0 Å². The van der Waals surface area contributed by atoms with E-state index in [0.717, 1.165) is 18.5 Å². The van der Waals surface area contributed by atoms with Crippen LogP contribution in [0.5, 0.6) is 0 Å². The fraction of sp³-hybridized carbons (Fsp3) is 0.263. The van der Waals surface area contributed by atoms with Gasteiger partial charge in [-0.25, -0.2) is 14.6 Å². The van der Waals surface area contributed by atoms with Crippen LogP contribution in [0.25, 0.3) is 5.82 Å². The van der Waals surface area contributed by atoms with Gasteiger partial charge in [0.1, 0.15) is 5.82 Å². The lowest BCUT2D eigenvalue weighted by Gasteiger charge is -2.31. The lowest BCUT2D eigenvalue weighted by atomic mass is 9.96. The van der Waals surface area contributed by atoms with Crippen molar-refractivity contribution in [2.45, 2.75) is 18.8 Å². The average molecular weight is 364 g/mol. The second-order valence-corrected chi connectivity index (χ2v) is 6.47. The minimum atomic E-state index is -0.298. The quantitative estimate of drug-likeness (QED) is 0.746. The number of hydrogen-bond donors (Lipinski definition) is 2. The average Bonchev–Trinajstić information content (AvgIpc) is 3.11. The SMILES string of the molecule is O=C(Nc1ccccc1)N1CCC(c2nn(-c3ccccn3)c(=O)[nH]2)CC1. The Morgan fingerprint density at radius 3 is 2.52 bits per heavy atom. The number of anilines is 1. The predicted molar refractivity (Wildman–Crippen MR) is 101 cm³/mol. The number of pyridine rings is 1. The maximum absolute atomic E-state index is 12.4. The number of carbonyl (C=O) groups excluding carboxylic acids is 1. The number of amides is 2. The summed E-state index contributed by atoms with van der Waals surface area (Å²) in [6.45, 7) is 1.23. The molecule has 0 bridgehead atoms. The summed E-state index contributed by atoms with van der Waals surface area (Å²) in [6.07, 6.45) is 3.12. The zero-order chi connectivity index (χ0) is 18.6. The highest BCUT2D eigenvalue weighted by Crippen LogP contribution is 2.25. The largest absolute Gasteiger partial charge is 0.349 e. The van der Waals surface area contributed by atoms with Crippen LogP contribution in [0.4, 0.5) is 10.5 Å². The third-order valence-electron chi connectivity index (χ3n) is 4.70. The summed E-state index contributed by atoms with van der Waals surface area (Å²) in [5.74, 6) is 1.25. The number of likely N-dealkylation sites (tertiary alicyclic amines) is 1. The number of H-pyrrole nitrogens is 1. The van der Waals surface area contributed by atoms with E-state index in [4.69, 9.17) is 0 Å². The molecule has 2 N–H and O–H groups in total. The molecule has 0 saturated carbocycles. The molecule has 0 spiro atoms. The first-order chi connectivity index (χ1) is 13.2. The van der Waals surface area contributed by atoms with Crippen LogP contribution < -0.4 is 11.0 Å². The van der Waals surface area contributed by atoms with Gasteiger partial charge >= 0.3 is 11.7 Å². The van der Waals surface area contributed by atoms with Gasteiger partial charge in [-0.1, -0.05) is 24.3 Å². The summed E-state index contributed by atoms with van der Waals surface area (Å²) < 4.78 is 1.28. The van der Waals surface area contributed by atoms with E-state index in [1.54, 1.807) is 23.2 Å². The van der Waals surface area contributed by atoms with E-state index in [1.165, 1.54) is 4.68 Å². The number of aromatic nitrogens is 4. The van der Waals surface area contributed by atoms with Crippen molar-refractivity contribution in [1.29, 1.82) is 0 Å². The molecule has 138 valence electrons. The number of aromatic amines is 1. The zero-order valence-electron chi connectivity index (χ0n) is 14.7. The number of para-hydroxylation sites is 1. The summed E-state index contributed by atoms with van der Waals surface area (Å²) in [5, 5.41) is 7.31. The molecule has 2 aromatic heterocycles. The van der Waals surface area contributed by atoms with Crippen molar-refractivity contribution < 1.29 is 4.79 Å². The number of urea groups is 1. The first-order valence-corrected chi connectivity index (χ1v) is 8.92. The van der Waals surface area contributed by atoms with Crippen LogP contribution in [-0.2, 0) is 0 Å². The number of benzene rings is 1. The Kier molecular flexibility index (Phi) is 4.69. The molecule has 0 aliphatic carbocycles. The molecular formula is C19H20N6O2. The molecular weight excluding hydrogens is 344 g/mol. The topological polar surface area (TPSA) is 95.9 Å². The standard InChI is InChI=1S/C19H20N6O2/c26-18(21-15-6-2-1-3-7-15)24-12-9-14(10-13-24)17-22-19(27)25(23-17)16-8-4-5-11-20-16/h1-8,11,14H,9-10,12-13H2,(H,21,26)(H,22,23,27). The maximum Gasteiger partial charge on any atom is 0.349 e. The summed E-state index contributed by atoms with van der Waals surface area (Å²) in [6, 6.07) is 14.6. The minimum absolute atomic E-state index is 0.104. The molecule has 8 heteroatoms. The molecule has 27 heavy (non-hydrogen) atoms. The fourth-order valence-corrected chi connectivity index (χ4v) is 3.24. The predicted octanol–water partition coefficient (Wildman–Crippen LogP) is 2.37. The molecule has 0 radical (unpaired) electrons. The highest BCUT2D eigenvalue weighted by atomic mass is 16.2. The summed E-state index contributed by atoms with van der Waals surface area (Å²) in [4.78, 5) is 33.4. The highest BCUT2D eigenvalue weighted by molar-refractivity contribution is 5.89. The van der Waals surface area contributed by atoms with Crippen LogP contribution >= 0.6 is 0 Å². The number of hydrogen-bond acceptors (Lipinski definition) is 4. The maximum atomic E-state index is 12.4. The van der Waals surface area contributed by atoms with Crippen molar-refractivity contribution in [3.8, 4) is 5.82 Å². The Labute approximate surface area is 155 Å². The van der Waals surface area contributed by atoms with Gasteiger partial charge in [0.2, 0.25) is 0 Å². The molecule has 1 aromatic carbocycles. The van der Waals surface area contributed by atoms with Crippen molar-refractivity contribution in [3.63, 3.8) is 0 Å². The van der Waals surface area contributed by atoms with E-state index in [0.29, 0.717) is 24.7 Å². The lowest BCUT2D eigenvalue weighted by molar-refractivity contribution is 0.193. The minimum Gasteiger partial charge on any atom is -0.324 e. The number of nitrogens with zero attached hydrogens (tertiary/aromatic N) is 4. The van der Waals surface area contributed by atoms with Crippen molar-refractivity contribution in [2.75, 3.05) is 18.4 Å². The van der Waals surface area contributed by atoms with Gasteiger partial charge in [0, 0.05) is 30.9 Å². The van der Waals surface area contributed by atoms with E-state index in [9.17, 15) is 9.59 Å². The third-order valence-corrected chi connectivity index (χ3v) is 4.70. The Morgan fingerprint density at radius 1 is 1.07 bits per heavy atom. The molecule has 0 atom stereocenters. The normalized spacial score (nSPS) is 14.9. The summed E-state index contributed by atoms with van der Waals surface area (Å²) in [5.41, 5.74) is 0.482. The Morgan fingerprint density at radius 2 is 1.81 bits per heavy atom. The monoisotopic (exact) mass is 364 g/mol. The molecule has 3 heterocycles. The molecule has 2 amide bonds. The first kappa shape index (κ1) is 17.0. The van der Waals surface area contributed by atoms with E-state index < -0.39 is 0 Å². The van der Waals surface area contributed by atoms with E-state index in [2.05, 4.69) is 20.4 Å². The smallest absolute Gasteiger partial charge is 0.324 e. The van der Waals surface area contributed by atoms with E-state index in [1.807, 2.05) is 36.4 Å².